The zero-order valence-corrected chi connectivity index (χ0v) is 9.87. The molecule has 6 nitrogen and oxygen atoms in total. The van der Waals surface area contributed by atoms with Crippen molar-refractivity contribution < 1.29 is 10.2 Å². The number of aromatic nitrogens is 2. The maximum absolute atomic E-state index is 11.6. The molecular formula is C11H18N2O4. The van der Waals surface area contributed by atoms with Crippen LogP contribution in [0.5, 0.6) is 0 Å². The van der Waals surface area contributed by atoms with Crippen LogP contribution in [0.1, 0.15) is 19.3 Å². The molecular weight excluding hydrogens is 224 g/mol. The molecule has 0 saturated carbocycles. The summed E-state index contributed by atoms with van der Waals surface area (Å²) in [5.74, 6) is 0. The average Bonchev–Trinajstić information content (AvgIpc) is 2.32. The lowest BCUT2D eigenvalue weighted by Gasteiger charge is -2.08. The lowest BCUT2D eigenvalue weighted by atomic mass is 10.1. The molecule has 1 atom stereocenters. The Kier molecular flexibility index (Phi) is 5.11. The standard InChI is InChI=1S/C11H18N2O4/c1-12-7-5-10(16)13(11(12)17)6-3-2-4-9(15)8-14/h5,7,9,14-15H,2-4,6,8H2,1H3. The molecule has 0 fully saturated rings. The Morgan fingerprint density at radius 1 is 1.35 bits per heavy atom. The fraction of sp³-hybridized carbons (Fsp3) is 0.636. The van der Waals surface area contributed by atoms with E-state index < -0.39 is 6.10 Å². The summed E-state index contributed by atoms with van der Waals surface area (Å²) in [5, 5.41) is 17.7. The number of nitrogens with zero attached hydrogens (tertiary/aromatic N) is 2. The van der Waals surface area contributed by atoms with Gasteiger partial charge in [-0.15, -0.1) is 0 Å². The fourth-order valence-electron chi connectivity index (χ4n) is 1.56. The van der Waals surface area contributed by atoms with Gasteiger partial charge in [0.2, 0.25) is 0 Å². The first kappa shape index (κ1) is 13.7. The van der Waals surface area contributed by atoms with Crippen LogP contribution in [-0.4, -0.2) is 32.1 Å². The molecule has 96 valence electrons. The third-order valence-corrected chi connectivity index (χ3v) is 2.62. The highest BCUT2D eigenvalue weighted by Gasteiger charge is 2.04. The lowest BCUT2D eigenvalue weighted by molar-refractivity contribution is 0.0858. The Morgan fingerprint density at radius 2 is 2.06 bits per heavy atom. The molecule has 17 heavy (non-hydrogen) atoms. The Morgan fingerprint density at radius 3 is 2.71 bits per heavy atom. The first-order valence-electron chi connectivity index (χ1n) is 5.61. The van der Waals surface area contributed by atoms with Crippen LogP contribution in [0.3, 0.4) is 0 Å². The summed E-state index contributed by atoms with van der Waals surface area (Å²) in [6, 6.07) is 1.35. The van der Waals surface area contributed by atoms with Crippen LogP contribution in [-0.2, 0) is 13.6 Å². The molecule has 1 rings (SSSR count). The number of hydrogen-bond donors (Lipinski definition) is 2. The van der Waals surface area contributed by atoms with E-state index in [1.807, 2.05) is 0 Å². The van der Waals surface area contributed by atoms with Gasteiger partial charge in [0.25, 0.3) is 5.56 Å². The summed E-state index contributed by atoms with van der Waals surface area (Å²) in [6.07, 6.45) is 2.47. The van der Waals surface area contributed by atoms with Crippen molar-refractivity contribution in [2.24, 2.45) is 7.05 Å². The molecule has 0 spiro atoms. The molecule has 0 aliphatic carbocycles. The molecule has 0 radical (unpaired) electrons. The Hall–Kier alpha value is -1.40. The highest BCUT2D eigenvalue weighted by molar-refractivity contribution is 4.85. The number of aryl methyl sites for hydroxylation is 1. The van der Waals surface area contributed by atoms with E-state index in [1.165, 1.54) is 21.4 Å². The quantitative estimate of drug-likeness (QED) is 0.631. The Bertz CT molecular complexity index is 463. The first-order valence-corrected chi connectivity index (χ1v) is 5.61. The maximum atomic E-state index is 11.6. The number of rotatable bonds is 6. The number of unbranched alkanes of at least 4 members (excludes halogenated alkanes) is 1. The summed E-state index contributed by atoms with van der Waals surface area (Å²) in [5.41, 5.74) is -0.643. The smallest absolute Gasteiger partial charge is 0.330 e. The minimum atomic E-state index is -0.717. The molecule has 1 aromatic heterocycles. The van der Waals surface area contributed by atoms with Gasteiger partial charge in [0.1, 0.15) is 0 Å². The molecule has 6 heteroatoms. The molecule has 2 N–H and O–H groups in total. The highest BCUT2D eigenvalue weighted by atomic mass is 16.3. The van der Waals surface area contributed by atoms with Crippen molar-refractivity contribution in [3.05, 3.63) is 33.1 Å². The monoisotopic (exact) mass is 242 g/mol. The first-order chi connectivity index (χ1) is 8.06. The molecule has 0 amide bonds. The van der Waals surface area contributed by atoms with Crippen LogP contribution in [0.2, 0.25) is 0 Å². The molecule has 0 aliphatic rings. The molecule has 0 saturated heterocycles. The van der Waals surface area contributed by atoms with Gasteiger partial charge in [-0.3, -0.25) is 9.36 Å². The SMILES string of the molecule is Cn1ccc(=O)n(CCCCC(O)CO)c1=O. The zero-order chi connectivity index (χ0) is 12.8. The van der Waals surface area contributed by atoms with Gasteiger partial charge in [0.05, 0.1) is 12.7 Å². The van der Waals surface area contributed by atoms with Crippen LogP contribution >= 0.6 is 0 Å². The molecule has 1 heterocycles. The normalized spacial score (nSPS) is 12.6. The average molecular weight is 242 g/mol. The molecule has 0 bridgehead atoms. The predicted octanol–water partition coefficient (Wildman–Crippen LogP) is -0.930. The van der Waals surface area contributed by atoms with Crippen LogP contribution in [0, 0.1) is 0 Å². The van der Waals surface area contributed by atoms with Crippen molar-refractivity contribution in [1.29, 1.82) is 0 Å². The minimum Gasteiger partial charge on any atom is -0.394 e. The van der Waals surface area contributed by atoms with E-state index in [0.29, 0.717) is 25.8 Å². The van der Waals surface area contributed by atoms with Gasteiger partial charge in [0, 0.05) is 25.9 Å². The van der Waals surface area contributed by atoms with Crippen LogP contribution in [0.15, 0.2) is 21.9 Å². The van der Waals surface area contributed by atoms with Crippen molar-refractivity contribution in [3.63, 3.8) is 0 Å². The number of aliphatic hydroxyl groups excluding tert-OH is 2. The molecule has 0 aliphatic heterocycles. The maximum Gasteiger partial charge on any atom is 0.330 e. The second-order valence-corrected chi connectivity index (χ2v) is 4.03. The van der Waals surface area contributed by atoms with Gasteiger partial charge in [-0.05, 0) is 19.3 Å². The summed E-state index contributed by atoms with van der Waals surface area (Å²) >= 11 is 0. The van der Waals surface area contributed by atoms with Gasteiger partial charge >= 0.3 is 5.69 Å². The van der Waals surface area contributed by atoms with Crippen LogP contribution in [0.25, 0.3) is 0 Å². The third-order valence-electron chi connectivity index (χ3n) is 2.62. The second kappa shape index (κ2) is 6.36. The van der Waals surface area contributed by atoms with E-state index in [2.05, 4.69) is 0 Å². The summed E-state index contributed by atoms with van der Waals surface area (Å²) in [4.78, 5) is 23.0. The van der Waals surface area contributed by atoms with E-state index in [9.17, 15) is 9.59 Å². The van der Waals surface area contributed by atoms with Gasteiger partial charge in [-0.1, -0.05) is 0 Å². The van der Waals surface area contributed by atoms with Crippen molar-refractivity contribution in [1.82, 2.24) is 9.13 Å². The van der Waals surface area contributed by atoms with Crippen LogP contribution < -0.4 is 11.2 Å². The third kappa shape index (κ3) is 3.83. The van der Waals surface area contributed by atoms with Gasteiger partial charge in [-0.2, -0.15) is 0 Å². The van der Waals surface area contributed by atoms with E-state index in [4.69, 9.17) is 10.2 Å². The number of hydrogen-bond acceptors (Lipinski definition) is 4. The topological polar surface area (TPSA) is 84.5 Å². The minimum absolute atomic E-state index is 0.257. The molecule has 0 aromatic carbocycles. The Labute approximate surface area is 98.8 Å². The predicted molar refractivity (Wildman–Crippen MR) is 62.9 cm³/mol. The summed E-state index contributed by atoms with van der Waals surface area (Å²) in [7, 11) is 1.59. The fourth-order valence-corrected chi connectivity index (χ4v) is 1.56. The molecule has 1 aromatic rings. The van der Waals surface area contributed by atoms with Crippen molar-refractivity contribution in [2.75, 3.05) is 6.61 Å². The van der Waals surface area contributed by atoms with E-state index >= 15 is 0 Å². The van der Waals surface area contributed by atoms with Gasteiger partial charge in [0.15, 0.2) is 0 Å². The Balaban J connectivity index is 2.56. The van der Waals surface area contributed by atoms with Crippen LogP contribution in [0.4, 0.5) is 0 Å². The van der Waals surface area contributed by atoms with E-state index in [0.717, 1.165) is 0 Å². The largest absolute Gasteiger partial charge is 0.394 e. The summed E-state index contributed by atoms with van der Waals surface area (Å²) < 4.78 is 2.52. The van der Waals surface area contributed by atoms with Gasteiger partial charge in [-0.25, -0.2) is 4.79 Å². The lowest BCUT2D eigenvalue weighted by Crippen LogP contribution is -2.37. The van der Waals surface area contributed by atoms with Crippen molar-refractivity contribution in [2.45, 2.75) is 31.9 Å². The summed E-state index contributed by atoms with van der Waals surface area (Å²) in [6.45, 7) is 0.0809. The van der Waals surface area contributed by atoms with Gasteiger partial charge < -0.3 is 14.8 Å². The number of aliphatic hydroxyl groups is 2. The second-order valence-electron chi connectivity index (χ2n) is 4.03. The zero-order valence-electron chi connectivity index (χ0n) is 9.87. The van der Waals surface area contributed by atoms with E-state index in [1.54, 1.807) is 7.05 Å². The van der Waals surface area contributed by atoms with Crippen molar-refractivity contribution >= 4 is 0 Å². The highest BCUT2D eigenvalue weighted by Crippen LogP contribution is 2.00. The van der Waals surface area contributed by atoms with E-state index in [-0.39, 0.29) is 17.9 Å². The molecule has 1 unspecified atom stereocenters. The van der Waals surface area contributed by atoms with Crippen molar-refractivity contribution in [3.8, 4) is 0 Å².